The topological polar surface area (TPSA) is 71.8 Å². The second-order valence-corrected chi connectivity index (χ2v) is 6.12. The number of hydrogen-bond donors (Lipinski definition) is 2. The van der Waals surface area contributed by atoms with Crippen molar-refractivity contribution in [2.24, 2.45) is 5.92 Å². The number of fused-ring (bicyclic) bond motifs is 3. The Balaban J connectivity index is 0.000000791. The molecule has 26 heavy (non-hydrogen) atoms. The van der Waals surface area contributed by atoms with Crippen LogP contribution in [0.5, 0.6) is 0 Å². The van der Waals surface area contributed by atoms with Crippen LogP contribution in [0.25, 0.3) is 21.9 Å². The number of benzene rings is 1. The van der Waals surface area contributed by atoms with Gasteiger partial charge in [0.1, 0.15) is 5.52 Å². The van der Waals surface area contributed by atoms with Gasteiger partial charge in [-0.05, 0) is 19.0 Å². The van der Waals surface area contributed by atoms with Gasteiger partial charge in [-0.3, -0.25) is 11.8 Å². The summed E-state index contributed by atoms with van der Waals surface area (Å²) < 4.78 is 2.13. The number of amides is 1. The van der Waals surface area contributed by atoms with Gasteiger partial charge in [-0.1, -0.05) is 32.0 Å². The molecule has 7 heteroatoms. The molecule has 0 spiro atoms. The van der Waals surface area contributed by atoms with Crippen molar-refractivity contribution in [2.75, 3.05) is 12.4 Å². The Morgan fingerprint density at radius 2 is 1.96 bits per heavy atom. The molecule has 2 heterocycles. The summed E-state index contributed by atoms with van der Waals surface area (Å²) in [5.74, 6) is 0.842. The Bertz CT molecular complexity index is 860. The average Bonchev–Trinajstić information content (AvgIpc) is 2.99. The van der Waals surface area contributed by atoms with E-state index in [2.05, 4.69) is 53.0 Å². The second-order valence-electron chi connectivity index (χ2n) is 6.12. The standard InChI is InChI=1S/C17H19N4O.C2H6N.Np/c1-4-14(22)20-17-15-16(21(10-18-15)9-11(2)3)12-7-5-6-8-13(12)19-17;1-3-2;/h5-8,10-11H,1,4,9H2,2-3H3,(H,19,20,22);3H,1H2,2H3;/q2*-1;. The number of nitrogens with one attached hydrogen (secondary N) is 2. The van der Waals surface area contributed by atoms with Crippen LogP contribution in [0.2, 0.25) is 0 Å². The molecule has 139 valence electrons. The maximum absolute atomic E-state index is 11.7. The van der Waals surface area contributed by atoms with E-state index >= 15 is 0 Å². The fourth-order valence-electron chi connectivity index (χ4n) is 2.60. The molecule has 0 bridgehead atoms. The quantitative estimate of drug-likeness (QED) is 0.468. The van der Waals surface area contributed by atoms with E-state index < -0.39 is 0 Å². The molecule has 1 amide bonds. The first-order valence-electron chi connectivity index (χ1n) is 8.28. The van der Waals surface area contributed by atoms with Gasteiger partial charge in [-0.15, -0.1) is 6.42 Å². The molecule has 6 nitrogen and oxygen atoms in total. The normalized spacial score (nSPS) is 10.4. The summed E-state index contributed by atoms with van der Waals surface area (Å²) in [6.45, 7) is 8.81. The van der Waals surface area contributed by atoms with Gasteiger partial charge in [-0.25, -0.2) is 9.97 Å². The molecular weight excluding hydrogens is 551 g/mol. The van der Waals surface area contributed by atoms with Crippen molar-refractivity contribution in [1.29, 1.82) is 0 Å². The zero-order valence-electron chi connectivity index (χ0n) is 15.5. The summed E-state index contributed by atoms with van der Waals surface area (Å²) in [6.07, 6.45) is 1.99. The summed E-state index contributed by atoms with van der Waals surface area (Å²) in [5, 5.41) is 6.35. The van der Waals surface area contributed by atoms with E-state index in [0.717, 1.165) is 28.5 Å². The molecular formula is C19H25N5NpO-2. The van der Waals surface area contributed by atoms with E-state index in [-0.39, 0.29) is 42.3 Å². The molecule has 0 saturated carbocycles. The number of carbonyl (C=O) groups excluding carboxylic acids is 1. The van der Waals surface area contributed by atoms with Crippen molar-refractivity contribution in [2.45, 2.75) is 26.8 Å². The molecule has 0 aliphatic heterocycles. The fraction of sp³-hybridized carbons (Fsp3) is 0.316. The van der Waals surface area contributed by atoms with E-state index in [4.69, 9.17) is 0 Å². The van der Waals surface area contributed by atoms with Crippen LogP contribution in [0.15, 0.2) is 30.6 Å². The molecule has 0 atom stereocenters. The zero-order chi connectivity index (χ0) is 18.4. The molecule has 1 aromatic carbocycles. The number of hydrogen-bond acceptors (Lipinski definition) is 4. The predicted octanol–water partition coefficient (Wildman–Crippen LogP) is 3.40. The number of nitrogens with zero attached hydrogens (tertiary/aromatic N) is 3. The van der Waals surface area contributed by atoms with Crippen molar-refractivity contribution in [3.05, 3.63) is 44.6 Å². The van der Waals surface area contributed by atoms with E-state index in [1.165, 1.54) is 0 Å². The van der Waals surface area contributed by atoms with E-state index in [0.29, 0.717) is 11.7 Å². The Kier molecular flexibility index (Phi) is 9.24. The average molecular weight is 576 g/mol. The second kappa shape index (κ2) is 10.6. The smallest absolute Gasteiger partial charge is 0.195 e. The van der Waals surface area contributed by atoms with Gasteiger partial charge in [0.15, 0.2) is 11.7 Å². The Hall–Kier alpha value is -1.46. The maximum Gasteiger partial charge on any atom is 0.195 e. The summed E-state index contributed by atoms with van der Waals surface area (Å²) in [4.78, 5) is 20.7. The summed E-state index contributed by atoms with van der Waals surface area (Å²) in [5.41, 5.74) is 2.58. The number of imidazole rings is 1. The number of aromatic nitrogens is 3. The fourth-order valence-corrected chi connectivity index (χ4v) is 2.60. The zero-order valence-corrected chi connectivity index (χ0v) is 19.2. The largest absolute Gasteiger partial charge is 0.475 e. The molecule has 2 N–H and O–H groups in total. The Morgan fingerprint density at radius 3 is 2.58 bits per heavy atom. The molecule has 0 saturated heterocycles. The minimum atomic E-state index is -0.164. The van der Waals surface area contributed by atoms with Gasteiger partial charge in [0.05, 0.1) is 17.4 Å². The van der Waals surface area contributed by atoms with Crippen molar-refractivity contribution < 1.29 is 34.7 Å². The van der Waals surface area contributed by atoms with Crippen LogP contribution in [-0.4, -0.2) is 27.5 Å². The molecule has 3 aromatic rings. The van der Waals surface area contributed by atoms with E-state index in [1.807, 2.05) is 30.6 Å². The van der Waals surface area contributed by atoms with Gasteiger partial charge < -0.3 is 22.1 Å². The first-order chi connectivity index (χ1) is 12.0. The molecule has 0 aliphatic rings. The summed E-state index contributed by atoms with van der Waals surface area (Å²) in [6, 6.07) is 7.92. The Morgan fingerprint density at radius 1 is 1.31 bits per heavy atom. The van der Waals surface area contributed by atoms with Crippen LogP contribution in [0.4, 0.5) is 5.82 Å². The third-order valence-corrected chi connectivity index (χ3v) is 3.50. The van der Waals surface area contributed by atoms with Crippen LogP contribution in [0.1, 0.15) is 20.3 Å². The molecule has 3 rings (SSSR count). The van der Waals surface area contributed by atoms with Gasteiger partial charge in [-0.2, -0.15) is 0 Å². The number of para-hydroxylation sites is 1. The van der Waals surface area contributed by atoms with Crippen molar-refractivity contribution in [1.82, 2.24) is 19.9 Å². The minimum absolute atomic E-state index is 0. The van der Waals surface area contributed by atoms with Gasteiger partial charge in [0.2, 0.25) is 0 Å². The van der Waals surface area contributed by atoms with Crippen LogP contribution in [0.3, 0.4) is 0 Å². The van der Waals surface area contributed by atoms with Crippen molar-refractivity contribution in [3.63, 3.8) is 0 Å². The first kappa shape index (κ1) is 22.6. The first-order valence-corrected chi connectivity index (χ1v) is 8.28. The molecule has 0 aliphatic carbocycles. The maximum atomic E-state index is 11.7. The van der Waals surface area contributed by atoms with Crippen LogP contribution in [-0.2, 0) is 11.3 Å². The van der Waals surface area contributed by atoms with Crippen LogP contribution >= 0.6 is 0 Å². The van der Waals surface area contributed by atoms with Gasteiger partial charge in [0.25, 0.3) is 0 Å². The van der Waals surface area contributed by atoms with Gasteiger partial charge >= 0.3 is 0 Å². The SMILES string of the molecule is [CH2-]CC(=O)Nc1nc2ccccc2c2c1ncn2CC(C)C.[CH2-]NC.[Np]. The monoisotopic (exact) mass is 575 g/mol. The minimum Gasteiger partial charge on any atom is -0.475 e. The predicted molar refractivity (Wildman–Crippen MR) is 103 cm³/mol. The van der Waals surface area contributed by atoms with Crippen LogP contribution in [0, 0.1) is 49.8 Å². The third-order valence-electron chi connectivity index (χ3n) is 3.50. The Labute approximate surface area is 177 Å². The summed E-state index contributed by atoms with van der Waals surface area (Å²) >= 11 is 0. The van der Waals surface area contributed by atoms with E-state index in [9.17, 15) is 4.79 Å². The molecule has 0 fully saturated rings. The number of rotatable bonds is 4. The van der Waals surface area contributed by atoms with Crippen LogP contribution < -0.4 is 10.6 Å². The summed E-state index contributed by atoms with van der Waals surface area (Å²) in [7, 11) is 5.00. The molecule has 0 unspecified atom stereocenters. The van der Waals surface area contributed by atoms with Gasteiger partial charge in [0, 0.05) is 41.9 Å². The number of carbonyl (C=O) groups is 1. The number of anilines is 1. The van der Waals surface area contributed by atoms with Crippen molar-refractivity contribution >= 4 is 33.7 Å². The van der Waals surface area contributed by atoms with Crippen molar-refractivity contribution in [3.8, 4) is 0 Å². The molecule has 1 radical (unpaired) electrons. The molecule has 2 aromatic heterocycles. The third kappa shape index (κ3) is 5.27. The van der Waals surface area contributed by atoms with E-state index in [1.54, 1.807) is 7.05 Å². The number of pyridine rings is 1.